The van der Waals surface area contributed by atoms with Gasteiger partial charge in [0.2, 0.25) is 5.91 Å². The van der Waals surface area contributed by atoms with Crippen LogP contribution in [0.15, 0.2) is 60.7 Å². The third kappa shape index (κ3) is 4.77. The standard InChI is InChI=1S/C20H18N2O3S/c23-19(11-4-8-14-6-2-1-3-7-14)22-18-10-5-9-15(21-18)16-12-13-17(26-16)20(24)25/h1-3,5-7,9-10,12-13H,4,8,11H2,(H,24,25)(H,21,22,23). The molecule has 0 spiro atoms. The lowest BCUT2D eigenvalue weighted by molar-refractivity contribution is -0.116. The third-order valence-corrected chi connectivity index (χ3v) is 4.89. The molecule has 0 saturated carbocycles. The van der Waals surface area contributed by atoms with Gasteiger partial charge in [-0.2, -0.15) is 0 Å². The Labute approximate surface area is 155 Å². The van der Waals surface area contributed by atoms with Gasteiger partial charge in [0.15, 0.2) is 0 Å². The van der Waals surface area contributed by atoms with E-state index in [4.69, 9.17) is 5.11 Å². The van der Waals surface area contributed by atoms with Crippen molar-refractivity contribution in [1.82, 2.24) is 4.98 Å². The highest BCUT2D eigenvalue weighted by Crippen LogP contribution is 2.27. The minimum absolute atomic E-state index is 0.0806. The Morgan fingerprint density at radius 1 is 1.00 bits per heavy atom. The first kappa shape index (κ1) is 17.8. The summed E-state index contributed by atoms with van der Waals surface area (Å²) in [5.74, 6) is -0.565. The monoisotopic (exact) mass is 366 g/mol. The molecule has 2 aromatic heterocycles. The van der Waals surface area contributed by atoms with Crippen LogP contribution in [0, 0.1) is 0 Å². The molecule has 0 aliphatic carbocycles. The van der Waals surface area contributed by atoms with Crippen molar-refractivity contribution in [1.29, 1.82) is 0 Å². The molecule has 1 aromatic carbocycles. The van der Waals surface area contributed by atoms with Gasteiger partial charge in [-0.05, 0) is 42.7 Å². The number of hydrogen-bond donors (Lipinski definition) is 2. The maximum Gasteiger partial charge on any atom is 0.345 e. The number of anilines is 1. The van der Waals surface area contributed by atoms with Gasteiger partial charge in [0, 0.05) is 6.42 Å². The van der Waals surface area contributed by atoms with Crippen LogP contribution < -0.4 is 5.32 Å². The number of aryl methyl sites for hydroxylation is 1. The van der Waals surface area contributed by atoms with Gasteiger partial charge in [-0.15, -0.1) is 11.3 Å². The molecule has 2 heterocycles. The van der Waals surface area contributed by atoms with Crippen molar-refractivity contribution in [2.24, 2.45) is 0 Å². The van der Waals surface area contributed by atoms with E-state index in [1.165, 1.54) is 5.56 Å². The summed E-state index contributed by atoms with van der Waals surface area (Å²) < 4.78 is 0. The number of pyridine rings is 1. The minimum Gasteiger partial charge on any atom is -0.477 e. The Morgan fingerprint density at radius 2 is 1.81 bits per heavy atom. The van der Waals surface area contributed by atoms with Gasteiger partial charge < -0.3 is 10.4 Å². The molecule has 5 nitrogen and oxygen atoms in total. The van der Waals surface area contributed by atoms with E-state index in [9.17, 15) is 9.59 Å². The predicted octanol–water partition coefficient (Wildman–Crippen LogP) is 4.47. The van der Waals surface area contributed by atoms with Gasteiger partial charge in [-0.3, -0.25) is 4.79 Å². The predicted molar refractivity (Wildman–Crippen MR) is 103 cm³/mol. The third-order valence-electron chi connectivity index (χ3n) is 3.80. The summed E-state index contributed by atoms with van der Waals surface area (Å²) in [6.07, 6.45) is 2.04. The Hall–Kier alpha value is -2.99. The van der Waals surface area contributed by atoms with Crippen LogP contribution >= 0.6 is 11.3 Å². The molecular formula is C20H18N2O3S. The first-order valence-electron chi connectivity index (χ1n) is 8.26. The summed E-state index contributed by atoms with van der Waals surface area (Å²) in [6, 6.07) is 18.7. The van der Waals surface area contributed by atoms with E-state index in [1.54, 1.807) is 30.3 Å². The average Bonchev–Trinajstić information content (AvgIpc) is 3.13. The van der Waals surface area contributed by atoms with E-state index in [1.807, 2.05) is 18.2 Å². The summed E-state index contributed by atoms with van der Waals surface area (Å²) in [5.41, 5.74) is 1.86. The minimum atomic E-state index is -0.955. The summed E-state index contributed by atoms with van der Waals surface area (Å²) in [5, 5.41) is 11.8. The summed E-state index contributed by atoms with van der Waals surface area (Å²) in [4.78, 5) is 28.5. The van der Waals surface area contributed by atoms with Crippen LogP contribution in [0.3, 0.4) is 0 Å². The van der Waals surface area contributed by atoms with E-state index < -0.39 is 5.97 Å². The highest BCUT2D eigenvalue weighted by molar-refractivity contribution is 7.17. The second-order valence-corrected chi connectivity index (χ2v) is 6.85. The Morgan fingerprint density at radius 3 is 2.54 bits per heavy atom. The fourth-order valence-corrected chi connectivity index (χ4v) is 3.35. The summed E-state index contributed by atoms with van der Waals surface area (Å²) in [6.45, 7) is 0. The zero-order valence-electron chi connectivity index (χ0n) is 14.0. The number of amides is 1. The zero-order valence-corrected chi connectivity index (χ0v) is 14.8. The largest absolute Gasteiger partial charge is 0.477 e. The van der Waals surface area contributed by atoms with Crippen molar-refractivity contribution in [2.75, 3.05) is 5.32 Å². The van der Waals surface area contributed by atoms with E-state index >= 15 is 0 Å². The first-order chi connectivity index (χ1) is 12.6. The van der Waals surface area contributed by atoms with Crippen LogP contribution in [0.4, 0.5) is 5.82 Å². The normalized spacial score (nSPS) is 10.5. The summed E-state index contributed by atoms with van der Waals surface area (Å²) >= 11 is 1.16. The van der Waals surface area contributed by atoms with E-state index in [-0.39, 0.29) is 10.8 Å². The molecule has 26 heavy (non-hydrogen) atoms. The van der Waals surface area contributed by atoms with E-state index in [0.29, 0.717) is 17.9 Å². The van der Waals surface area contributed by atoms with Crippen LogP contribution in [0.1, 0.15) is 28.1 Å². The van der Waals surface area contributed by atoms with Gasteiger partial charge in [0.1, 0.15) is 10.7 Å². The molecule has 0 saturated heterocycles. The molecule has 0 radical (unpaired) electrons. The number of carbonyl (C=O) groups is 2. The van der Waals surface area contributed by atoms with Crippen molar-refractivity contribution in [3.8, 4) is 10.6 Å². The van der Waals surface area contributed by atoms with Crippen molar-refractivity contribution in [2.45, 2.75) is 19.3 Å². The highest BCUT2D eigenvalue weighted by atomic mass is 32.1. The van der Waals surface area contributed by atoms with E-state index in [2.05, 4.69) is 22.4 Å². The van der Waals surface area contributed by atoms with Crippen LogP contribution in [0.5, 0.6) is 0 Å². The Kier molecular flexibility index (Phi) is 5.76. The lowest BCUT2D eigenvalue weighted by atomic mass is 10.1. The maximum atomic E-state index is 12.1. The lowest BCUT2D eigenvalue weighted by Gasteiger charge is -2.06. The number of carbonyl (C=O) groups excluding carboxylic acids is 1. The number of rotatable bonds is 7. The molecule has 132 valence electrons. The number of hydrogen-bond acceptors (Lipinski definition) is 4. The number of benzene rings is 1. The average molecular weight is 366 g/mol. The number of carboxylic acids is 1. The van der Waals surface area contributed by atoms with Crippen LogP contribution in [-0.4, -0.2) is 22.0 Å². The number of aromatic carboxylic acids is 1. The van der Waals surface area contributed by atoms with Crippen molar-refractivity contribution >= 4 is 29.0 Å². The molecule has 0 aliphatic heterocycles. The van der Waals surface area contributed by atoms with Crippen LogP contribution in [0.2, 0.25) is 0 Å². The fraction of sp³-hybridized carbons (Fsp3) is 0.150. The molecular weight excluding hydrogens is 348 g/mol. The second-order valence-electron chi connectivity index (χ2n) is 5.76. The zero-order chi connectivity index (χ0) is 18.4. The summed E-state index contributed by atoms with van der Waals surface area (Å²) in [7, 11) is 0. The van der Waals surface area contributed by atoms with Gasteiger partial charge in [0.05, 0.1) is 10.6 Å². The van der Waals surface area contributed by atoms with Crippen molar-refractivity contribution in [3.63, 3.8) is 0 Å². The number of carboxylic acid groups (broad SMARTS) is 1. The quantitative estimate of drug-likeness (QED) is 0.646. The fourth-order valence-electron chi connectivity index (χ4n) is 2.54. The molecule has 0 unspecified atom stereocenters. The van der Waals surface area contributed by atoms with Gasteiger partial charge in [-0.25, -0.2) is 9.78 Å². The van der Waals surface area contributed by atoms with Gasteiger partial charge >= 0.3 is 5.97 Å². The molecule has 3 rings (SSSR count). The number of nitrogens with one attached hydrogen (secondary N) is 1. The molecule has 1 amide bonds. The molecule has 2 N–H and O–H groups in total. The molecule has 3 aromatic rings. The number of nitrogens with zero attached hydrogens (tertiary/aromatic N) is 1. The molecule has 6 heteroatoms. The van der Waals surface area contributed by atoms with Crippen LogP contribution in [0.25, 0.3) is 10.6 Å². The molecule has 0 atom stereocenters. The van der Waals surface area contributed by atoms with Gasteiger partial charge in [0.25, 0.3) is 0 Å². The van der Waals surface area contributed by atoms with Crippen LogP contribution in [-0.2, 0) is 11.2 Å². The highest BCUT2D eigenvalue weighted by Gasteiger charge is 2.10. The maximum absolute atomic E-state index is 12.1. The lowest BCUT2D eigenvalue weighted by Crippen LogP contribution is -2.12. The van der Waals surface area contributed by atoms with Crippen molar-refractivity contribution in [3.05, 3.63) is 71.1 Å². The van der Waals surface area contributed by atoms with Gasteiger partial charge in [-0.1, -0.05) is 36.4 Å². The van der Waals surface area contributed by atoms with Crippen molar-refractivity contribution < 1.29 is 14.7 Å². The van der Waals surface area contributed by atoms with E-state index in [0.717, 1.165) is 29.1 Å². The Balaban J connectivity index is 1.57. The second kappa shape index (κ2) is 8.40. The SMILES string of the molecule is O=C(CCCc1ccccc1)Nc1cccc(-c2ccc(C(=O)O)s2)n1. The number of aromatic nitrogens is 1. The molecule has 0 bridgehead atoms. The molecule has 0 fully saturated rings. The smallest absolute Gasteiger partial charge is 0.345 e. The topological polar surface area (TPSA) is 79.3 Å². The number of thiophene rings is 1. The molecule has 0 aliphatic rings. The first-order valence-corrected chi connectivity index (χ1v) is 9.08. The Bertz CT molecular complexity index is 906.